The first-order chi connectivity index (χ1) is 14.1. The molecule has 1 heteroatoms. The molecule has 3 atom stereocenters. The average molecular weight is 398 g/mol. The van der Waals surface area contributed by atoms with Gasteiger partial charge in [-0.3, -0.25) is 0 Å². The number of likely N-dealkylation sites (tertiary alicyclic amines) is 1. The van der Waals surface area contributed by atoms with Crippen LogP contribution in [0.3, 0.4) is 0 Å². The fraction of sp³-hybridized carbons (Fsp3) is 0.786. The third kappa shape index (κ3) is 6.09. The highest BCUT2D eigenvalue weighted by atomic mass is 15.1. The van der Waals surface area contributed by atoms with Crippen LogP contribution in [0.1, 0.15) is 103 Å². The van der Waals surface area contributed by atoms with Crippen LogP contribution in [0, 0.1) is 23.2 Å². The SMILES string of the molecule is CCC(CC[C@H](C)CC)CN1CCC(C(c2ccccc2)C2(C)CCCC2)CC1. The predicted molar refractivity (Wildman–Crippen MR) is 127 cm³/mol. The van der Waals surface area contributed by atoms with Crippen molar-refractivity contribution in [1.82, 2.24) is 4.90 Å². The summed E-state index contributed by atoms with van der Waals surface area (Å²) < 4.78 is 0. The van der Waals surface area contributed by atoms with E-state index in [1.54, 1.807) is 5.56 Å². The van der Waals surface area contributed by atoms with Crippen molar-refractivity contribution in [1.29, 1.82) is 0 Å². The number of hydrogen-bond acceptors (Lipinski definition) is 1. The van der Waals surface area contributed by atoms with E-state index >= 15 is 0 Å². The quantitative estimate of drug-likeness (QED) is 0.387. The minimum atomic E-state index is 0.524. The van der Waals surface area contributed by atoms with Crippen LogP contribution in [0.4, 0.5) is 0 Å². The molecule has 164 valence electrons. The van der Waals surface area contributed by atoms with Crippen molar-refractivity contribution in [2.45, 2.75) is 97.8 Å². The van der Waals surface area contributed by atoms with E-state index in [9.17, 15) is 0 Å². The average Bonchev–Trinajstić information content (AvgIpc) is 3.19. The van der Waals surface area contributed by atoms with Gasteiger partial charge in [0.25, 0.3) is 0 Å². The molecule has 1 saturated heterocycles. The second kappa shape index (κ2) is 11.0. The molecule has 1 heterocycles. The van der Waals surface area contributed by atoms with Crippen molar-refractivity contribution in [3.63, 3.8) is 0 Å². The van der Waals surface area contributed by atoms with Gasteiger partial charge in [-0.1, -0.05) is 90.1 Å². The summed E-state index contributed by atoms with van der Waals surface area (Å²) in [5, 5.41) is 0. The van der Waals surface area contributed by atoms with E-state index < -0.39 is 0 Å². The lowest BCUT2D eigenvalue weighted by atomic mass is 9.64. The second-order valence-electron chi connectivity index (χ2n) is 10.8. The molecule has 0 amide bonds. The normalized spacial score (nSPS) is 23.7. The molecule has 2 fully saturated rings. The Bertz CT molecular complexity index is 565. The summed E-state index contributed by atoms with van der Waals surface area (Å²) in [5.41, 5.74) is 2.14. The Morgan fingerprint density at radius 1 is 0.966 bits per heavy atom. The topological polar surface area (TPSA) is 3.24 Å². The smallest absolute Gasteiger partial charge is 0.000956 e. The number of nitrogens with zero attached hydrogens (tertiary/aromatic N) is 1. The minimum Gasteiger partial charge on any atom is -0.303 e. The molecule has 1 aromatic rings. The molecular formula is C28H47N. The summed E-state index contributed by atoms with van der Waals surface area (Å²) in [5.74, 6) is 3.43. The van der Waals surface area contributed by atoms with E-state index in [0.717, 1.165) is 23.7 Å². The molecule has 0 bridgehead atoms. The lowest BCUT2D eigenvalue weighted by Crippen LogP contribution is -2.41. The molecule has 29 heavy (non-hydrogen) atoms. The van der Waals surface area contributed by atoms with Gasteiger partial charge in [-0.05, 0) is 79.8 Å². The molecule has 0 N–H and O–H groups in total. The van der Waals surface area contributed by atoms with Gasteiger partial charge in [0.05, 0.1) is 0 Å². The highest BCUT2D eigenvalue weighted by molar-refractivity contribution is 5.24. The molecule has 1 saturated carbocycles. The summed E-state index contributed by atoms with van der Waals surface area (Å²) >= 11 is 0. The maximum atomic E-state index is 2.81. The Hall–Kier alpha value is -0.820. The van der Waals surface area contributed by atoms with E-state index in [0.29, 0.717) is 5.41 Å². The number of rotatable bonds is 10. The first kappa shape index (κ1) is 22.9. The van der Waals surface area contributed by atoms with Crippen molar-refractivity contribution in [2.24, 2.45) is 23.2 Å². The lowest BCUT2D eigenvalue weighted by molar-refractivity contribution is 0.101. The molecule has 2 unspecified atom stereocenters. The van der Waals surface area contributed by atoms with Crippen molar-refractivity contribution in [3.05, 3.63) is 35.9 Å². The van der Waals surface area contributed by atoms with Crippen molar-refractivity contribution in [3.8, 4) is 0 Å². The van der Waals surface area contributed by atoms with Crippen LogP contribution in [-0.2, 0) is 0 Å². The highest BCUT2D eigenvalue weighted by Gasteiger charge is 2.42. The first-order valence-corrected chi connectivity index (χ1v) is 12.8. The largest absolute Gasteiger partial charge is 0.303 e. The zero-order valence-electron chi connectivity index (χ0n) is 19.8. The Morgan fingerprint density at radius 3 is 2.21 bits per heavy atom. The number of hydrogen-bond donors (Lipinski definition) is 0. The van der Waals surface area contributed by atoms with Crippen LogP contribution < -0.4 is 0 Å². The van der Waals surface area contributed by atoms with Crippen LogP contribution in [0.15, 0.2) is 30.3 Å². The number of benzene rings is 1. The number of piperidine rings is 1. The van der Waals surface area contributed by atoms with E-state index in [4.69, 9.17) is 0 Å². The molecule has 0 radical (unpaired) electrons. The molecule has 3 rings (SSSR count). The van der Waals surface area contributed by atoms with Gasteiger partial charge in [0.1, 0.15) is 0 Å². The summed E-state index contributed by atoms with van der Waals surface area (Å²) in [4.78, 5) is 2.81. The molecule has 2 aliphatic rings. The Labute approximate surface area is 181 Å². The van der Waals surface area contributed by atoms with Gasteiger partial charge in [-0.25, -0.2) is 0 Å². The molecular weight excluding hydrogens is 350 g/mol. The van der Waals surface area contributed by atoms with Gasteiger partial charge >= 0.3 is 0 Å². The van der Waals surface area contributed by atoms with Crippen molar-refractivity contribution >= 4 is 0 Å². The molecule has 0 aromatic heterocycles. The zero-order valence-corrected chi connectivity index (χ0v) is 19.8. The fourth-order valence-electron chi connectivity index (χ4n) is 6.38. The highest BCUT2D eigenvalue weighted by Crippen LogP contribution is 2.53. The Balaban J connectivity index is 1.58. The van der Waals surface area contributed by atoms with Crippen molar-refractivity contribution in [2.75, 3.05) is 19.6 Å². The lowest BCUT2D eigenvalue weighted by Gasteiger charge is -2.44. The van der Waals surface area contributed by atoms with Crippen LogP contribution in [-0.4, -0.2) is 24.5 Å². The summed E-state index contributed by atoms with van der Waals surface area (Å²) in [6.45, 7) is 13.8. The fourth-order valence-corrected chi connectivity index (χ4v) is 6.38. The third-order valence-electron chi connectivity index (χ3n) is 8.62. The van der Waals surface area contributed by atoms with Gasteiger partial charge in [-0.2, -0.15) is 0 Å². The first-order valence-electron chi connectivity index (χ1n) is 12.8. The van der Waals surface area contributed by atoms with E-state index in [1.165, 1.54) is 83.8 Å². The van der Waals surface area contributed by atoms with Gasteiger partial charge in [0.2, 0.25) is 0 Å². The minimum absolute atomic E-state index is 0.524. The van der Waals surface area contributed by atoms with E-state index in [-0.39, 0.29) is 0 Å². The van der Waals surface area contributed by atoms with Crippen molar-refractivity contribution < 1.29 is 0 Å². The summed E-state index contributed by atoms with van der Waals surface area (Å²) in [7, 11) is 0. The van der Waals surface area contributed by atoms with Gasteiger partial charge in [-0.15, -0.1) is 0 Å². The van der Waals surface area contributed by atoms with Crippen LogP contribution in [0.2, 0.25) is 0 Å². The second-order valence-corrected chi connectivity index (χ2v) is 10.8. The molecule has 1 nitrogen and oxygen atoms in total. The maximum Gasteiger partial charge on any atom is 0.000956 e. The van der Waals surface area contributed by atoms with Gasteiger partial charge in [0, 0.05) is 6.54 Å². The Morgan fingerprint density at radius 2 is 1.62 bits per heavy atom. The summed E-state index contributed by atoms with van der Waals surface area (Å²) in [6.07, 6.45) is 14.1. The zero-order chi connectivity index (χ0) is 20.7. The maximum absolute atomic E-state index is 2.81. The third-order valence-corrected chi connectivity index (χ3v) is 8.62. The summed E-state index contributed by atoms with van der Waals surface area (Å²) in [6, 6.07) is 11.5. The standard InChI is InChI=1S/C28H47N/c1-5-23(3)14-15-24(6-2)22-29-20-16-26(17-21-29)27(25-12-8-7-9-13-25)28(4)18-10-11-19-28/h7-9,12-13,23-24,26-27H,5-6,10-11,14-22H2,1-4H3/t23-,24?,27?/m1/s1. The van der Waals surface area contributed by atoms with Gasteiger partial charge < -0.3 is 4.90 Å². The van der Waals surface area contributed by atoms with Crippen LogP contribution in [0.25, 0.3) is 0 Å². The van der Waals surface area contributed by atoms with E-state index in [2.05, 4.69) is 62.9 Å². The van der Waals surface area contributed by atoms with Crippen LogP contribution >= 0.6 is 0 Å². The van der Waals surface area contributed by atoms with Gasteiger partial charge in [0.15, 0.2) is 0 Å². The van der Waals surface area contributed by atoms with Crippen LogP contribution in [0.5, 0.6) is 0 Å². The molecule has 0 spiro atoms. The van der Waals surface area contributed by atoms with E-state index in [1.807, 2.05) is 0 Å². The Kier molecular flexibility index (Phi) is 8.66. The molecule has 1 aliphatic heterocycles. The molecule has 1 aliphatic carbocycles. The predicted octanol–water partition coefficient (Wildman–Crippen LogP) is 7.92. The molecule has 1 aromatic carbocycles. The monoisotopic (exact) mass is 397 g/mol.